The number of nitrogens with zero attached hydrogens (tertiary/aromatic N) is 1. The van der Waals surface area contributed by atoms with Gasteiger partial charge in [-0.25, -0.2) is 4.98 Å². The number of hydrogen-bond acceptors (Lipinski definition) is 3. The highest BCUT2D eigenvalue weighted by atomic mass is 79.9. The molecule has 0 radical (unpaired) electrons. The first-order valence-corrected chi connectivity index (χ1v) is 6.40. The quantitative estimate of drug-likeness (QED) is 0.796. The number of aromatic nitrogens is 1. The molecule has 1 N–H and O–H groups in total. The van der Waals surface area contributed by atoms with E-state index in [0.29, 0.717) is 11.2 Å². The molecule has 0 amide bonds. The number of pyridine rings is 1. The largest absolute Gasteiger partial charge is 0.458 e. The molecule has 6 heteroatoms. The molecule has 1 aliphatic heterocycles. The van der Waals surface area contributed by atoms with Crippen molar-refractivity contribution in [2.24, 2.45) is 0 Å². The maximum atomic E-state index is 5.94. The minimum absolute atomic E-state index is 0. The van der Waals surface area contributed by atoms with Gasteiger partial charge in [-0.2, -0.15) is 0 Å². The standard InChI is InChI=1S/C11H10BrClN2O.ClH/c12-6-4-9-8(15-11(6)13)5-10(16-9)7-2-1-3-14-7;/h4-5,7,14H,1-3H2;1H/t7-;/m1./s1. The zero-order valence-electron chi connectivity index (χ0n) is 8.87. The van der Waals surface area contributed by atoms with Crippen LogP contribution in [0.3, 0.4) is 0 Å². The lowest BCUT2D eigenvalue weighted by Crippen LogP contribution is -2.11. The zero-order chi connectivity index (χ0) is 11.1. The number of furan rings is 1. The smallest absolute Gasteiger partial charge is 0.154 e. The van der Waals surface area contributed by atoms with Crippen LogP contribution in [-0.2, 0) is 0 Å². The van der Waals surface area contributed by atoms with Crippen LogP contribution in [0.5, 0.6) is 0 Å². The van der Waals surface area contributed by atoms with Gasteiger partial charge in [0.05, 0.1) is 10.5 Å². The topological polar surface area (TPSA) is 38.1 Å². The molecule has 0 aliphatic carbocycles. The van der Waals surface area contributed by atoms with Crippen LogP contribution in [0, 0.1) is 0 Å². The van der Waals surface area contributed by atoms with Crippen molar-refractivity contribution in [1.29, 1.82) is 0 Å². The van der Waals surface area contributed by atoms with Gasteiger partial charge >= 0.3 is 0 Å². The molecule has 92 valence electrons. The zero-order valence-corrected chi connectivity index (χ0v) is 12.0. The van der Waals surface area contributed by atoms with Gasteiger partial charge in [-0.15, -0.1) is 12.4 Å². The fraction of sp³-hybridized carbons (Fsp3) is 0.364. The summed E-state index contributed by atoms with van der Waals surface area (Å²) in [5.41, 5.74) is 1.59. The van der Waals surface area contributed by atoms with Gasteiger partial charge in [0, 0.05) is 12.1 Å². The van der Waals surface area contributed by atoms with Gasteiger partial charge in [0.25, 0.3) is 0 Å². The Labute approximate surface area is 118 Å². The lowest BCUT2D eigenvalue weighted by molar-refractivity contribution is 0.470. The van der Waals surface area contributed by atoms with E-state index in [1.165, 1.54) is 6.42 Å². The lowest BCUT2D eigenvalue weighted by atomic mass is 10.2. The van der Waals surface area contributed by atoms with Crippen LogP contribution < -0.4 is 5.32 Å². The van der Waals surface area contributed by atoms with Gasteiger partial charge in [-0.3, -0.25) is 0 Å². The highest BCUT2D eigenvalue weighted by Crippen LogP contribution is 2.31. The van der Waals surface area contributed by atoms with Crippen molar-refractivity contribution in [3.05, 3.63) is 27.5 Å². The molecular weight excluding hydrogens is 327 g/mol. The van der Waals surface area contributed by atoms with E-state index >= 15 is 0 Å². The molecule has 1 fully saturated rings. The Morgan fingerprint density at radius 1 is 1.47 bits per heavy atom. The van der Waals surface area contributed by atoms with Crippen LogP contribution in [0.4, 0.5) is 0 Å². The summed E-state index contributed by atoms with van der Waals surface area (Å²) in [7, 11) is 0. The van der Waals surface area contributed by atoms with Crippen molar-refractivity contribution in [3.63, 3.8) is 0 Å². The number of halogens is 3. The molecule has 17 heavy (non-hydrogen) atoms. The summed E-state index contributed by atoms with van der Waals surface area (Å²) in [6, 6.07) is 4.16. The first-order chi connectivity index (χ1) is 7.74. The molecule has 1 aliphatic rings. The minimum atomic E-state index is 0. The number of hydrogen-bond donors (Lipinski definition) is 1. The molecule has 3 heterocycles. The van der Waals surface area contributed by atoms with Crippen LogP contribution >= 0.6 is 39.9 Å². The van der Waals surface area contributed by atoms with E-state index in [1.807, 2.05) is 12.1 Å². The molecule has 0 unspecified atom stereocenters. The SMILES string of the molecule is Cl.Clc1nc2cc([C@H]3CCCN3)oc2cc1Br. The summed E-state index contributed by atoms with van der Waals surface area (Å²) >= 11 is 9.28. The molecule has 0 spiro atoms. The lowest BCUT2D eigenvalue weighted by Gasteiger charge is -2.04. The summed E-state index contributed by atoms with van der Waals surface area (Å²) in [5, 5.41) is 3.87. The Kier molecular flexibility index (Phi) is 3.98. The van der Waals surface area contributed by atoms with Crippen LogP contribution in [0.25, 0.3) is 11.1 Å². The maximum absolute atomic E-state index is 5.94. The van der Waals surface area contributed by atoms with Gasteiger partial charge in [-0.1, -0.05) is 11.6 Å². The Bertz CT molecular complexity index is 498. The molecule has 2 aromatic heterocycles. The van der Waals surface area contributed by atoms with Crippen molar-refractivity contribution >= 4 is 51.0 Å². The number of nitrogens with one attached hydrogen (secondary N) is 1. The van der Waals surface area contributed by atoms with Crippen molar-refractivity contribution in [2.75, 3.05) is 6.54 Å². The van der Waals surface area contributed by atoms with Crippen molar-refractivity contribution in [1.82, 2.24) is 10.3 Å². The summed E-state index contributed by atoms with van der Waals surface area (Å²) < 4.78 is 6.54. The second kappa shape index (κ2) is 5.14. The van der Waals surface area contributed by atoms with Gasteiger partial charge in [0.2, 0.25) is 0 Å². The van der Waals surface area contributed by atoms with E-state index in [2.05, 4.69) is 26.2 Å². The van der Waals surface area contributed by atoms with Gasteiger partial charge in [0.1, 0.15) is 16.4 Å². The summed E-state index contributed by atoms with van der Waals surface area (Å²) in [6.45, 7) is 1.06. The fourth-order valence-corrected chi connectivity index (χ4v) is 2.48. The molecule has 0 saturated carbocycles. The predicted molar refractivity (Wildman–Crippen MR) is 73.9 cm³/mol. The van der Waals surface area contributed by atoms with Gasteiger partial charge in [0.15, 0.2) is 5.58 Å². The molecule has 1 saturated heterocycles. The Morgan fingerprint density at radius 3 is 3.00 bits per heavy atom. The Balaban J connectivity index is 0.00000108. The predicted octanol–water partition coefficient (Wildman–Crippen LogP) is 4.09. The number of fused-ring (bicyclic) bond motifs is 1. The Morgan fingerprint density at radius 2 is 2.29 bits per heavy atom. The molecule has 3 rings (SSSR count). The molecule has 3 nitrogen and oxygen atoms in total. The van der Waals surface area contributed by atoms with Crippen LogP contribution in [-0.4, -0.2) is 11.5 Å². The van der Waals surface area contributed by atoms with Gasteiger partial charge < -0.3 is 9.73 Å². The first-order valence-electron chi connectivity index (χ1n) is 5.23. The molecule has 2 aromatic rings. The van der Waals surface area contributed by atoms with Gasteiger partial charge in [-0.05, 0) is 35.3 Å². The normalized spacial score (nSPS) is 19.5. The van der Waals surface area contributed by atoms with Crippen LogP contribution in [0.1, 0.15) is 24.6 Å². The third-order valence-corrected chi connectivity index (χ3v) is 3.96. The summed E-state index contributed by atoms with van der Waals surface area (Å²) in [6.07, 6.45) is 2.31. The van der Waals surface area contributed by atoms with E-state index in [0.717, 1.165) is 34.3 Å². The number of rotatable bonds is 1. The van der Waals surface area contributed by atoms with E-state index < -0.39 is 0 Å². The average molecular weight is 338 g/mol. The fourth-order valence-electron chi connectivity index (χ4n) is 2.04. The minimum Gasteiger partial charge on any atom is -0.458 e. The van der Waals surface area contributed by atoms with Crippen LogP contribution in [0.15, 0.2) is 21.0 Å². The van der Waals surface area contributed by atoms with Crippen LogP contribution in [0.2, 0.25) is 5.15 Å². The highest BCUT2D eigenvalue weighted by Gasteiger charge is 2.20. The van der Waals surface area contributed by atoms with E-state index in [9.17, 15) is 0 Å². The maximum Gasteiger partial charge on any atom is 0.154 e. The molecule has 1 atom stereocenters. The highest BCUT2D eigenvalue weighted by molar-refractivity contribution is 9.10. The van der Waals surface area contributed by atoms with Crippen molar-refractivity contribution < 1.29 is 4.42 Å². The first kappa shape index (κ1) is 13.1. The summed E-state index contributed by atoms with van der Waals surface area (Å²) in [5.74, 6) is 0.953. The van der Waals surface area contributed by atoms with Crippen molar-refractivity contribution in [3.8, 4) is 0 Å². The Hall–Kier alpha value is -0.290. The van der Waals surface area contributed by atoms with E-state index in [-0.39, 0.29) is 12.4 Å². The van der Waals surface area contributed by atoms with E-state index in [1.54, 1.807) is 0 Å². The average Bonchev–Trinajstić information content (AvgIpc) is 2.86. The monoisotopic (exact) mass is 336 g/mol. The van der Waals surface area contributed by atoms with E-state index in [4.69, 9.17) is 16.0 Å². The molecular formula is C11H11BrCl2N2O. The second-order valence-electron chi connectivity index (χ2n) is 3.94. The third-order valence-electron chi connectivity index (χ3n) is 2.84. The molecule has 0 bridgehead atoms. The summed E-state index contributed by atoms with van der Waals surface area (Å²) in [4.78, 5) is 4.26. The third kappa shape index (κ3) is 2.45. The molecule has 0 aromatic carbocycles. The second-order valence-corrected chi connectivity index (χ2v) is 5.15. The van der Waals surface area contributed by atoms with Crippen molar-refractivity contribution in [2.45, 2.75) is 18.9 Å².